The predicted molar refractivity (Wildman–Crippen MR) is 67.3 cm³/mol. The van der Waals surface area contributed by atoms with Crippen LogP contribution in [-0.2, 0) is 19.1 Å². The molecule has 2 saturated carbocycles. The zero-order chi connectivity index (χ0) is 13.5. The molecule has 1 heterocycles. The van der Waals surface area contributed by atoms with Crippen LogP contribution < -0.4 is 5.32 Å². The van der Waals surface area contributed by atoms with Gasteiger partial charge >= 0.3 is 5.97 Å². The molecule has 2 aliphatic carbocycles. The van der Waals surface area contributed by atoms with E-state index in [2.05, 4.69) is 5.32 Å². The molecule has 5 heteroatoms. The molecule has 1 saturated heterocycles. The van der Waals surface area contributed by atoms with Gasteiger partial charge in [-0.25, -0.2) is 0 Å². The van der Waals surface area contributed by atoms with E-state index >= 15 is 0 Å². The Morgan fingerprint density at radius 3 is 2.79 bits per heavy atom. The average Bonchev–Trinajstić information content (AvgIpc) is 2.93. The molecule has 3 aliphatic rings. The van der Waals surface area contributed by atoms with Crippen LogP contribution in [0.3, 0.4) is 0 Å². The van der Waals surface area contributed by atoms with Crippen molar-refractivity contribution >= 4 is 11.9 Å². The molecule has 1 amide bonds. The molecule has 2 unspecified atom stereocenters. The lowest BCUT2D eigenvalue weighted by Crippen LogP contribution is -2.50. The van der Waals surface area contributed by atoms with Crippen molar-refractivity contribution in [3.05, 3.63) is 0 Å². The lowest BCUT2D eigenvalue weighted by molar-refractivity contribution is -0.146. The van der Waals surface area contributed by atoms with Gasteiger partial charge in [0.05, 0.1) is 18.8 Å². The Bertz CT molecular complexity index is 404. The van der Waals surface area contributed by atoms with Crippen molar-refractivity contribution in [3.63, 3.8) is 0 Å². The van der Waals surface area contributed by atoms with Crippen LogP contribution >= 0.6 is 0 Å². The zero-order valence-electron chi connectivity index (χ0n) is 11.4. The number of esters is 1. The number of carbonyl (C=O) groups excluding carboxylic acids is 2. The summed E-state index contributed by atoms with van der Waals surface area (Å²) < 4.78 is 10.7. The molecule has 1 N–H and O–H groups in total. The van der Waals surface area contributed by atoms with Crippen LogP contribution in [0.1, 0.15) is 39.0 Å². The SMILES string of the molecule is CCOC(=O)CC(=O)NCC12CC1COC21CCC1. The van der Waals surface area contributed by atoms with Gasteiger partial charge in [0.1, 0.15) is 6.42 Å². The number of hydrogen-bond acceptors (Lipinski definition) is 4. The van der Waals surface area contributed by atoms with Gasteiger partial charge in [-0.15, -0.1) is 0 Å². The molecule has 1 aliphatic heterocycles. The summed E-state index contributed by atoms with van der Waals surface area (Å²) in [5, 5.41) is 2.90. The second kappa shape index (κ2) is 4.47. The normalized spacial score (nSPS) is 33.4. The molecule has 5 nitrogen and oxygen atoms in total. The first-order chi connectivity index (χ1) is 9.12. The molecule has 3 rings (SSSR count). The van der Waals surface area contributed by atoms with Crippen molar-refractivity contribution in [3.8, 4) is 0 Å². The maximum Gasteiger partial charge on any atom is 0.315 e. The van der Waals surface area contributed by atoms with Gasteiger partial charge in [-0.1, -0.05) is 0 Å². The van der Waals surface area contributed by atoms with E-state index in [0.717, 1.165) is 25.9 Å². The largest absolute Gasteiger partial charge is 0.466 e. The monoisotopic (exact) mass is 267 g/mol. The Kier molecular flexibility index (Phi) is 3.04. The molecular formula is C14H21NO4. The third-order valence-electron chi connectivity index (χ3n) is 5.07. The summed E-state index contributed by atoms with van der Waals surface area (Å²) in [6, 6.07) is 0. The molecule has 1 spiro atoms. The van der Waals surface area contributed by atoms with Crippen LogP contribution in [-0.4, -0.2) is 37.2 Å². The number of ether oxygens (including phenoxy) is 2. The molecule has 19 heavy (non-hydrogen) atoms. The minimum absolute atomic E-state index is 0.0366. The van der Waals surface area contributed by atoms with Gasteiger partial charge in [0, 0.05) is 12.0 Å². The lowest BCUT2D eigenvalue weighted by Gasteiger charge is -2.45. The van der Waals surface area contributed by atoms with Crippen molar-refractivity contribution in [1.29, 1.82) is 0 Å². The molecule has 0 bridgehead atoms. The summed E-state index contributed by atoms with van der Waals surface area (Å²) in [5.74, 6) is -0.0820. The minimum atomic E-state index is -0.453. The van der Waals surface area contributed by atoms with Crippen molar-refractivity contribution in [2.75, 3.05) is 19.8 Å². The maximum absolute atomic E-state index is 11.7. The summed E-state index contributed by atoms with van der Waals surface area (Å²) in [6.45, 7) is 3.54. The number of amides is 1. The third-order valence-corrected chi connectivity index (χ3v) is 5.07. The fourth-order valence-corrected chi connectivity index (χ4v) is 3.74. The number of hydrogen-bond donors (Lipinski definition) is 1. The van der Waals surface area contributed by atoms with Crippen molar-refractivity contribution in [2.24, 2.45) is 11.3 Å². The van der Waals surface area contributed by atoms with Gasteiger partial charge in [0.15, 0.2) is 0 Å². The highest BCUT2D eigenvalue weighted by atomic mass is 16.5. The molecule has 0 aromatic rings. The van der Waals surface area contributed by atoms with E-state index < -0.39 is 5.97 Å². The Morgan fingerprint density at radius 2 is 2.21 bits per heavy atom. The quantitative estimate of drug-likeness (QED) is 0.596. The van der Waals surface area contributed by atoms with Gasteiger partial charge in [-0.05, 0) is 38.5 Å². The van der Waals surface area contributed by atoms with Gasteiger partial charge in [0.25, 0.3) is 0 Å². The van der Waals surface area contributed by atoms with E-state index in [-0.39, 0.29) is 23.3 Å². The fourth-order valence-electron chi connectivity index (χ4n) is 3.74. The van der Waals surface area contributed by atoms with Crippen molar-refractivity contribution < 1.29 is 19.1 Å². The van der Waals surface area contributed by atoms with Gasteiger partial charge in [0.2, 0.25) is 5.91 Å². The van der Waals surface area contributed by atoms with Crippen LogP contribution in [0, 0.1) is 11.3 Å². The van der Waals surface area contributed by atoms with E-state index in [1.165, 1.54) is 6.42 Å². The van der Waals surface area contributed by atoms with Crippen LogP contribution in [0.2, 0.25) is 0 Å². The lowest BCUT2D eigenvalue weighted by atomic mass is 9.68. The van der Waals surface area contributed by atoms with Crippen LogP contribution in [0.15, 0.2) is 0 Å². The minimum Gasteiger partial charge on any atom is -0.466 e. The van der Waals surface area contributed by atoms with E-state index in [1.807, 2.05) is 0 Å². The first-order valence-electron chi connectivity index (χ1n) is 7.18. The van der Waals surface area contributed by atoms with E-state index in [9.17, 15) is 9.59 Å². The topological polar surface area (TPSA) is 64.6 Å². The Labute approximate surface area is 113 Å². The van der Waals surface area contributed by atoms with Crippen molar-refractivity contribution in [1.82, 2.24) is 5.32 Å². The fraction of sp³-hybridized carbons (Fsp3) is 0.857. The van der Waals surface area contributed by atoms with Crippen LogP contribution in [0.25, 0.3) is 0 Å². The molecular weight excluding hydrogens is 246 g/mol. The Balaban J connectivity index is 1.50. The summed E-state index contributed by atoms with van der Waals surface area (Å²) in [7, 11) is 0. The highest BCUT2D eigenvalue weighted by molar-refractivity contribution is 5.94. The standard InChI is InChI=1S/C14H21NO4/c1-2-18-12(17)6-11(16)15-9-13-7-10(13)8-19-14(13)4-3-5-14/h10H,2-9H2,1H3,(H,15,16). The molecule has 0 aromatic carbocycles. The van der Waals surface area contributed by atoms with E-state index in [4.69, 9.17) is 9.47 Å². The van der Waals surface area contributed by atoms with Crippen LogP contribution in [0.5, 0.6) is 0 Å². The van der Waals surface area contributed by atoms with Gasteiger partial charge < -0.3 is 14.8 Å². The summed E-state index contributed by atoms with van der Waals surface area (Å²) in [4.78, 5) is 22.9. The molecule has 2 atom stereocenters. The highest BCUT2D eigenvalue weighted by Gasteiger charge is 2.73. The van der Waals surface area contributed by atoms with E-state index in [1.54, 1.807) is 6.92 Å². The number of nitrogens with one attached hydrogen (secondary N) is 1. The Hall–Kier alpha value is -1.10. The molecule has 106 valence electrons. The first kappa shape index (κ1) is 12.9. The summed E-state index contributed by atoms with van der Waals surface area (Å²) in [6.07, 6.45) is 4.45. The summed E-state index contributed by atoms with van der Waals surface area (Å²) >= 11 is 0. The highest BCUT2D eigenvalue weighted by Crippen LogP contribution is 2.70. The second-order valence-electron chi connectivity index (χ2n) is 5.97. The van der Waals surface area contributed by atoms with Gasteiger partial charge in [-0.2, -0.15) is 0 Å². The maximum atomic E-state index is 11.7. The second-order valence-corrected chi connectivity index (χ2v) is 5.97. The molecule has 0 radical (unpaired) electrons. The first-order valence-corrected chi connectivity index (χ1v) is 7.18. The van der Waals surface area contributed by atoms with Gasteiger partial charge in [-0.3, -0.25) is 9.59 Å². The summed E-state index contributed by atoms with van der Waals surface area (Å²) in [5.41, 5.74) is 0.199. The van der Waals surface area contributed by atoms with E-state index in [0.29, 0.717) is 19.1 Å². The van der Waals surface area contributed by atoms with Crippen molar-refractivity contribution in [2.45, 2.75) is 44.6 Å². The average molecular weight is 267 g/mol. The third kappa shape index (κ3) is 1.95. The Morgan fingerprint density at radius 1 is 1.42 bits per heavy atom. The molecule has 0 aromatic heterocycles. The molecule has 3 fully saturated rings. The number of carbonyl (C=O) groups is 2. The smallest absolute Gasteiger partial charge is 0.315 e. The zero-order valence-corrected chi connectivity index (χ0v) is 11.4. The predicted octanol–water partition coefficient (Wildman–Crippen LogP) is 1.01. The number of fused-ring (bicyclic) bond motifs is 2. The van der Waals surface area contributed by atoms with Crippen LogP contribution in [0.4, 0.5) is 0 Å². The number of rotatable bonds is 5.